The molecule has 1 unspecified atom stereocenters. The summed E-state index contributed by atoms with van der Waals surface area (Å²) in [7, 11) is 0. The number of esters is 1. The minimum Gasteiger partial charge on any atom is -0.494 e. The number of rotatable bonds is 4. The average molecular weight is 312 g/mol. The molecule has 2 aromatic rings. The van der Waals surface area contributed by atoms with Gasteiger partial charge in [-0.15, -0.1) is 0 Å². The molecule has 0 fully saturated rings. The summed E-state index contributed by atoms with van der Waals surface area (Å²) in [5, 5.41) is 0. The summed E-state index contributed by atoms with van der Waals surface area (Å²) in [5.74, 6) is 1.60. The van der Waals surface area contributed by atoms with E-state index in [1.807, 2.05) is 44.2 Å². The number of carbonyl (C=O) groups excluding carboxylic acids is 1. The molecule has 4 heteroatoms. The fourth-order valence-electron chi connectivity index (χ4n) is 2.58. The molecule has 2 aromatic carbocycles. The van der Waals surface area contributed by atoms with Gasteiger partial charge in [0.1, 0.15) is 23.9 Å². The third-order valence-corrected chi connectivity index (χ3v) is 3.82. The van der Waals surface area contributed by atoms with Crippen LogP contribution >= 0.6 is 0 Å². The highest BCUT2D eigenvalue weighted by Crippen LogP contribution is 2.31. The minimum absolute atomic E-state index is 0.263. The summed E-state index contributed by atoms with van der Waals surface area (Å²) in [6, 6.07) is 13.2. The zero-order valence-electron chi connectivity index (χ0n) is 13.4. The molecule has 0 bridgehead atoms. The number of hydrogen-bond acceptors (Lipinski definition) is 4. The Hall–Kier alpha value is -2.49. The SMILES string of the molecule is CCOc1ccc2c(c1)CC(C(=O)Oc1ccc(C)cc1)CO2. The molecule has 3 rings (SSSR count). The maximum atomic E-state index is 12.3. The lowest BCUT2D eigenvalue weighted by Gasteiger charge is -2.24. The maximum absolute atomic E-state index is 12.3. The molecule has 1 atom stereocenters. The van der Waals surface area contributed by atoms with Crippen LogP contribution in [0.4, 0.5) is 0 Å². The largest absolute Gasteiger partial charge is 0.494 e. The maximum Gasteiger partial charge on any atom is 0.318 e. The first-order valence-electron chi connectivity index (χ1n) is 7.82. The molecule has 0 saturated heterocycles. The van der Waals surface area contributed by atoms with Crippen molar-refractivity contribution >= 4 is 5.97 Å². The highest BCUT2D eigenvalue weighted by atomic mass is 16.5. The predicted octanol–water partition coefficient (Wildman–Crippen LogP) is 3.55. The van der Waals surface area contributed by atoms with Gasteiger partial charge in [-0.2, -0.15) is 0 Å². The van der Waals surface area contributed by atoms with Crippen LogP contribution in [0.3, 0.4) is 0 Å². The topological polar surface area (TPSA) is 44.8 Å². The van der Waals surface area contributed by atoms with Gasteiger partial charge in [0.05, 0.1) is 12.5 Å². The lowest BCUT2D eigenvalue weighted by Crippen LogP contribution is -2.31. The molecule has 0 aromatic heterocycles. The second-order valence-corrected chi connectivity index (χ2v) is 5.65. The van der Waals surface area contributed by atoms with Crippen LogP contribution < -0.4 is 14.2 Å². The number of fused-ring (bicyclic) bond motifs is 1. The predicted molar refractivity (Wildman–Crippen MR) is 87.1 cm³/mol. The Bertz CT molecular complexity index is 691. The van der Waals surface area contributed by atoms with Crippen molar-refractivity contribution in [3.63, 3.8) is 0 Å². The molecule has 1 heterocycles. The van der Waals surface area contributed by atoms with Crippen molar-refractivity contribution in [2.24, 2.45) is 5.92 Å². The van der Waals surface area contributed by atoms with E-state index in [0.717, 1.165) is 22.6 Å². The van der Waals surface area contributed by atoms with Crippen LogP contribution in [0.1, 0.15) is 18.1 Å². The second-order valence-electron chi connectivity index (χ2n) is 5.65. The number of hydrogen-bond donors (Lipinski definition) is 0. The van der Waals surface area contributed by atoms with Crippen LogP contribution in [0.2, 0.25) is 0 Å². The molecular weight excluding hydrogens is 292 g/mol. The first kappa shape index (κ1) is 15.4. The third-order valence-electron chi connectivity index (χ3n) is 3.82. The van der Waals surface area contributed by atoms with Gasteiger partial charge in [0.25, 0.3) is 0 Å². The smallest absolute Gasteiger partial charge is 0.318 e. The van der Waals surface area contributed by atoms with Crippen LogP contribution in [0, 0.1) is 12.8 Å². The number of ether oxygens (including phenoxy) is 3. The average Bonchev–Trinajstić information content (AvgIpc) is 2.56. The molecular formula is C19H20O4. The summed E-state index contributed by atoms with van der Waals surface area (Å²) in [5.41, 5.74) is 2.11. The number of carbonyl (C=O) groups is 1. The monoisotopic (exact) mass is 312 g/mol. The van der Waals surface area contributed by atoms with Crippen LogP contribution in [0.15, 0.2) is 42.5 Å². The van der Waals surface area contributed by atoms with Gasteiger partial charge in [-0.05, 0) is 56.2 Å². The molecule has 0 N–H and O–H groups in total. The summed E-state index contributed by atoms with van der Waals surface area (Å²) < 4.78 is 16.6. The quantitative estimate of drug-likeness (QED) is 0.640. The van der Waals surface area contributed by atoms with Crippen LogP contribution in [-0.4, -0.2) is 19.2 Å². The normalized spacial score (nSPS) is 16.2. The van der Waals surface area contributed by atoms with E-state index in [9.17, 15) is 4.79 Å². The van der Waals surface area contributed by atoms with Gasteiger partial charge >= 0.3 is 5.97 Å². The fourth-order valence-corrected chi connectivity index (χ4v) is 2.58. The van der Waals surface area contributed by atoms with E-state index < -0.39 is 0 Å². The van der Waals surface area contributed by atoms with Crippen molar-refractivity contribution in [3.8, 4) is 17.2 Å². The highest BCUT2D eigenvalue weighted by Gasteiger charge is 2.28. The zero-order chi connectivity index (χ0) is 16.2. The number of benzene rings is 2. The van der Waals surface area contributed by atoms with Gasteiger partial charge in [0, 0.05) is 0 Å². The summed E-state index contributed by atoms with van der Waals surface area (Å²) in [6.45, 7) is 4.88. The first-order chi connectivity index (χ1) is 11.2. The van der Waals surface area contributed by atoms with E-state index in [4.69, 9.17) is 14.2 Å². The lowest BCUT2D eigenvalue weighted by atomic mass is 9.96. The van der Waals surface area contributed by atoms with Crippen molar-refractivity contribution in [2.45, 2.75) is 20.3 Å². The Morgan fingerprint density at radius 2 is 1.91 bits per heavy atom. The summed E-state index contributed by atoms with van der Waals surface area (Å²) in [4.78, 5) is 12.3. The van der Waals surface area contributed by atoms with Gasteiger partial charge in [-0.1, -0.05) is 17.7 Å². The van der Waals surface area contributed by atoms with E-state index in [1.165, 1.54) is 0 Å². The fraction of sp³-hybridized carbons (Fsp3) is 0.316. The molecule has 0 saturated carbocycles. The van der Waals surface area contributed by atoms with Gasteiger partial charge in [-0.25, -0.2) is 0 Å². The Labute approximate surface area is 136 Å². The molecule has 1 aliphatic heterocycles. The Kier molecular flexibility index (Phi) is 4.51. The zero-order valence-corrected chi connectivity index (χ0v) is 13.4. The molecule has 0 spiro atoms. The van der Waals surface area contributed by atoms with Crippen LogP contribution in [-0.2, 0) is 11.2 Å². The van der Waals surface area contributed by atoms with Crippen molar-refractivity contribution in [1.82, 2.24) is 0 Å². The molecule has 0 radical (unpaired) electrons. The van der Waals surface area contributed by atoms with Gasteiger partial charge in [0.15, 0.2) is 0 Å². The van der Waals surface area contributed by atoms with E-state index in [0.29, 0.717) is 25.4 Å². The standard InChI is InChI=1S/C19H20O4/c1-3-21-17-8-9-18-14(11-17)10-15(12-22-18)19(20)23-16-6-4-13(2)5-7-16/h4-9,11,15H,3,10,12H2,1-2H3. The Morgan fingerprint density at radius 1 is 1.17 bits per heavy atom. The summed E-state index contributed by atoms with van der Waals surface area (Å²) >= 11 is 0. The molecule has 1 aliphatic rings. The molecule has 4 nitrogen and oxygen atoms in total. The van der Waals surface area contributed by atoms with Crippen molar-refractivity contribution in [2.75, 3.05) is 13.2 Å². The van der Waals surface area contributed by atoms with Crippen molar-refractivity contribution in [3.05, 3.63) is 53.6 Å². The van der Waals surface area contributed by atoms with E-state index >= 15 is 0 Å². The summed E-state index contributed by atoms with van der Waals surface area (Å²) in [6.07, 6.45) is 0.598. The first-order valence-corrected chi connectivity index (χ1v) is 7.82. The van der Waals surface area contributed by atoms with E-state index in [-0.39, 0.29) is 11.9 Å². The van der Waals surface area contributed by atoms with Crippen molar-refractivity contribution in [1.29, 1.82) is 0 Å². The van der Waals surface area contributed by atoms with Crippen LogP contribution in [0.5, 0.6) is 17.2 Å². The lowest BCUT2D eigenvalue weighted by molar-refractivity contribution is -0.140. The van der Waals surface area contributed by atoms with Crippen molar-refractivity contribution < 1.29 is 19.0 Å². The van der Waals surface area contributed by atoms with Crippen LogP contribution in [0.25, 0.3) is 0 Å². The van der Waals surface area contributed by atoms with E-state index in [1.54, 1.807) is 12.1 Å². The molecule has 23 heavy (non-hydrogen) atoms. The van der Waals surface area contributed by atoms with E-state index in [2.05, 4.69) is 0 Å². The molecule has 120 valence electrons. The third kappa shape index (κ3) is 3.65. The number of aryl methyl sites for hydroxylation is 1. The molecule has 0 aliphatic carbocycles. The van der Waals surface area contributed by atoms with Gasteiger partial charge in [-0.3, -0.25) is 4.79 Å². The Balaban J connectivity index is 1.69. The minimum atomic E-state index is -0.305. The Morgan fingerprint density at radius 3 is 2.65 bits per heavy atom. The second kappa shape index (κ2) is 6.73. The molecule has 0 amide bonds. The van der Waals surface area contributed by atoms with Gasteiger partial charge in [0.2, 0.25) is 0 Å². The highest BCUT2D eigenvalue weighted by molar-refractivity contribution is 5.76. The van der Waals surface area contributed by atoms with Gasteiger partial charge < -0.3 is 14.2 Å².